The molecule has 0 saturated carbocycles. The number of hydrogen-bond acceptors (Lipinski definition) is 9. The Morgan fingerprint density at radius 3 is 2.34 bits per heavy atom. The van der Waals surface area contributed by atoms with Gasteiger partial charge < -0.3 is 14.2 Å². The number of halogens is 1. The Labute approximate surface area is 227 Å². The number of carbonyl (C=O) groups is 1. The van der Waals surface area contributed by atoms with E-state index in [1.165, 1.54) is 42.7 Å². The average molecular weight is 573 g/mol. The number of carbonyl (C=O) groups excluding carboxylic acids is 1. The van der Waals surface area contributed by atoms with Crippen LogP contribution in [0.3, 0.4) is 0 Å². The number of benzene rings is 3. The lowest BCUT2D eigenvalue weighted by atomic mass is 10.2. The first kappa shape index (κ1) is 25.8. The number of fused-ring (bicyclic) bond motifs is 1. The molecule has 5 rings (SSSR count). The van der Waals surface area contributed by atoms with Crippen molar-refractivity contribution in [3.8, 4) is 27.8 Å². The highest BCUT2D eigenvalue weighted by Crippen LogP contribution is 2.39. The molecule has 1 atom stereocenters. The van der Waals surface area contributed by atoms with Gasteiger partial charge in [0.15, 0.2) is 6.10 Å². The summed E-state index contributed by atoms with van der Waals surface area (Å²) in [6.45, 7) is -0.280. The first-order valence-corrected chi connectivity index (χ1v) is 13.8. The molecule has 0 spiro atoms. The maximum atomic E-state index is 13.6. The number of anilines is 2. The van der Waals surface area contributed by atoms with Crippen molar-refractivity contribution in [2.24, 2.45) is 0 Å². The van der Waals surface area contributed by atoms with Gasteiger partial charge in [-0.15, -0.1) is 10.2 Å². The van der Waals surface area contributed by atoms with Crippen molar-refractivity contribution in [1.29, 1.82) is 0 Å². The van der Waals surface area contributed by atoms with Gasteiger partial charge in [0.25, 0.3) is 15.9 Å². The summed E-state index contributed by atoms with van der Waals surface area (Å²) >= 11 is 7.33. The molecule has 0 fully saturated rings. The number of aromatic nitrogens is 2. The van der Waals surface area contributed by atoms with Crippen LogP contribution in [0.25, 0.3) is 10.6 Å². The van der Waals surface area contributed by atoms with Crippen LogP contribution in [0.4, 0.5) is 10.8 Å². The van der Waals surface area contributed by atoms with Gasteiger partial charge in [0, 0.05) is 10.6 Å². The van der Waals surface area contributed by atoms with E-state index in [4.69, 9.17) is 25.8 Å². The molecule has 0 unspecified atom stereocenters. The van der Waals surface area contributed by atoms with Gasteiger partial charge in [-0.05, 0) is 66.7 Å². The Bertz CT molecular complexity index is 1580. The third-order valence-corrected chi connectivity index (χ3v) is 8.64. The van der Waals surface area contributed by atoms with Crippen LogP contribution in [0.15, 0.2) is 71.6 Å². The van der Waals surface area contributed by atoms with Crippen LogP contribution >= 0.6 is 22.9 Å². The molecule has 1 aromatic heterocycles. The van der Waals surface area contributed by atoms with Crippen LogP contribution in [0.5, 0.6) is 17.2 Å². The van der Waals surface area contributed by atoms with E-state index in [-0.39, 0.29) is 28.0 Å². The van der Waals surface area contributed by atoms with Crippen molar-refractivity contribution in [3.05, 3.63) is 71.8 Å². The predicted molar refractivity (Wildman–Crippen MR) is 144 cm³/mol. The highest BCUT2D eigenvalue weighted by Gasteiger charge is 2.38. The predicted octanol–water partition coefficient (Wildman–Crippen LogP) is 4.47. The number of methoxy groups -OCH3 is 2. The Hall–Kier alpha value is -3.87. The van der Waals surface area contributed by atoms with Crippen LogP contribution in [0.1, 0.15) is 0 Å². The van der Waals surface area contributed by atoms with Gasteiger partial charge in [0.05, 0.1) is 31.3 Å². The molecule has 1 N–H and O–H groups in total. The van der Waals surface area contributed by atoms with Gasteiger partial charge in [-0.2, -0.15) is 0 Å². The lowest BCUT2D eigenvalue weighted by Crippen LogP contribution is -2.48. The van der Waals surface area contributed by atoms with Gasteiger partial charge in [0.2, 0.25) is 5.13 Å². The fourth-order valence-corrected chi connectivity index (χ4v) is 6.16. The number of rotatable bonds is 7. The van der Waals surface area contributed by atoms with E-state index in [0.717, 1.165) is 9.87 Å². The minimum absolute atomic E-state index is 0.0264. The molecule has 1 amide bonds. The number of hydrogen-bond donors (Lipinski definition) is 1. The molecule has 2 heterocycles. The molecule has 0 bridgehead atoms. The second-order valence-electron chi connectivity index (χ2n) is 8.06. The van der Waals surface area contributed by atoms with Crippen molar-refractivity contribution in [2.45, 2.75) is 11.0 Å². The first-order valence-electron chi connectivity index (χ1n) is 11.2. The summed E-state index contributed by atoms with van der Waals surface area (Å²) in [6, 6.07) is 17.8. The van der Waals surface area contributed by atoms with Crippen molar-refractivity contribution in [2.75, 3.05) is 30.4 Å². The highest BCUT2D eigenvalue weighted by atomic mass is 35.5. The minimum atomic E-state index is -4.07. The van der Waals surface area contributed by atoms with E-state index in [1.54, 1.807) is 37.4 Å². The molecular weight excluding hydrogens is 552 g/mol. The topological polar surface area (TPSA) is 120 Å². The van der Waals surface area contributed by atoms with Gasteiger partial charge >= 0.3 is 0 Å². The molecule has 10 nitrogen and oxygen atoms in total. The second kappa shape index (κ2) is 10.5. The fraction of sp³-hybridized carbons (Fsp3) is 0.160. The molecule has 0 saturated heterocycles. The summed E-state index contributed by atoms with van der Waals surface area (Å²) in [5, 5.41) is 12.0. The van der Waals surface area contributed by atoms with Crippen LogP contribution in [-0.2, 0) is 14.8 Å². The van der Waals surface area contributed by atoms with Crippen molar-refractivity contribution < 1.29 is 27.4 Å². The maximum Gasteiger partial charge on any atom is 0.269 e. The van der Waals surface area contributed by atoms with Crippen LogP contribution in [-0.4, -0.2) is 51.4 Å². The summed E-state index contributed by atoms with van der Waals surface area (Å²) in [6.07, 6.45) is -1.16. The molecule has 4 aromatic rings. The molecule has 0 radical (unpaired) electrons. The van der Waals surface area contributed by atoms with E-state index in [9.17, 15) is 13.2 Å². The van der Waals surface area contributed by atoms with Gasteiger partial charge in [-0.25, -0.2) is 8.42 Å². The van der Waals surface area contributed by atoms with Gasteiger partial charge in [0.1, 0.15) is 22.3 Å². The number of sulfonamides is 1. The Kier molecular flexibility index (Phi) is 7.11. The Morgan fingerprint density at radius 1 is 1.03 bits per heavy atom. The fourth-order valence-electron chi connectivity index (χ4n) is 3.77. The molecule has 1 aliphatic rings. The average Bonchev–Trinajstić information content (AvgIpc) is 3.40. The summed E-state index contributed by atoms with van der Waals surface area (Å²) in [4.78, 5) is 13.2. The molecule has 13 heteroatoms. The zero-order valence-electron chi connectivity index (χ0n) is 20.1. The SMILES string of the molecule is COc1ccc(-c2nnc(NC(=O)[C@H]3CN(S(=O)(=O)c4ccc(OC)cc4)c4cc(Cl)ccc4O3)s2)cc1. The summed E-state index contributed by atoms with van der Waals surface area (Å²) in [7, 11) is -0.999. The molecule has 3 aromatic carbocycles. The smallest absolute Gasteiger partial charge is 0.269 e. The molecule has 1 aliphatic heterocycles. The third kappa shape index (κ3) is 5.10. The highest BCUT2D eigenvalue weighted by molar-refractivity contribution is 7.92. The number of nitrogens with zero attached hydrogens (tertiary/aromatic N) is 3. The first-order chi connectivity index (χ1) is 18.3. The van der Waals surface area contributed by atoms with Gasteiger partial charge in [-0.1, -0.05) is 22.9 Å². The number of amides is 1. The van der Waals surface area contributed by atoms with E-state index in [2.05, 4.69) is 15.5 Å². The monoisotopic (exact) mass is 572 g/mol. The third-order valence-electron chi connectivity index (χ3n) is 5.72. The Balaban J connectivity index is 1.40. The quantitative estimate of drug-likeness (QED) is 0.344. The largest absolute Gasteiger partial charge is 0.497 e. The lowest BCUT2D eigenvalue weighted by Gasteiger charge is -2.34. The lowest BCUT2D eigenvalue weighted by molar-refractivity contribution is -0.122. The molecule has 38 heavy (non-hydrogen) atoms. The zero-order chi connectivity index (χ0) is 26.9. The molecule has 0 aliphatic carbocycles. The minimum Gasteiger partial charge on any atom is -0.497 e. The normalized spacial score (nSPS) is 14.8. The number of ether oxygens (including phenoxy) is 3. The van der Waals surface area contributed by atoms with Crippen LogP contribution in [0.2, 0.25) is 5.02 Å². The van der Waals surface area contributed by atoms with E-state index in [0.29, 0.717) is 21.5 Å². The zero-order valence-corrected chi connectivity index (χ0v) is 22.5. The van der Waals surface area contributed by atoms with Gasteiger partial charge in [-0.3, -0.25) is 14.4 Å². The standard InChI is InChI=1S/C25H21ClN4O6S2/c1-34-17-6-3-15(4-7-17)24-28-29-25(37-24)27-23(31)22-14-30(20-13-16(26)5-12-21(20)36-22)38(32,33)19-10-8-18(35-2)9-11-19/h3-13,22H,14H2,1-2H3,(H,27,29,31)/t22-/m1/s1. The summed E-state index contributed by atoms with van der Waals surface area (Å²) in [5.41, 5.74) is 1.04. The summed E-state index contributed by atoms with van der Waals surface area (Å²) < 4.78 is 44.5. The van der Waals surface area contributed by atoms with E-state index >= 15 is 0 Å². The van der Waals surface area contributed by atoms with Crippen LogP contribution < -0.4 is 23.8 Å². The van der Waals surface area contributed by atoms with Crippen molar-refractivity contribution >= 4 is 49.7 Å². The Morgan fingerprint density at radius 2 is 1.68 bits per heavy atom. The van der Waals surface area contributed by atoms with E-state index < -0.39 is 22.0 Å². The maximum absolute atomic E-state index is 13.6. The van der Waals surface area contributed by atoms with Crippen molar-refractivity contribution in [3.63, 3.8) is 0 Å². The second-order valence-corrected chi connectivity index (χ2v) is 11.3. The van der Waals surface area contributed by atoms with Crippen LogP contribution in [0, 0.1) is 0 Å². The van der Waals surface area contributed by atoms with E-state index in [1.807, 2.05) is 12.1 Å². The van der Waals surface area contributed by atoms with Crippen molar-refractivity contribution in [1.82, 2.24) is 10.2 Å². The molecular formula is C25H21ClN4O6S2. The summed E-state index contributed by atoms with van der Waals surface area (Å²) in [5.74, 6) is 0.849. The molecule has 196 valence electrons. The number of nitrogens with one attached hydrogen (secondary N) is 1.